The molecule has 0 aromatic heterocycles. The van der Waals surface area contributed by atoms with Crippen LogP contribution in [-0.4, -0.2) is 36.5 Å². The Hall–Kier alpha value is -1.46. The highest BCUT2D eigenvalue weighted by molar-refractivity contribution is 6.35. The Morgan fingerprint density at radius 3 is 2.73 bits per heavy atom. The number of halogens is 2. The number of benzene rings is 1. The van der Waals surface area contributed by atoms with Gasteiger partial charge in [0.15, 0.2) is 0 Å². The molecule has 1 aromatic rings. The second-order valence-electron chi connectivity index (χ2n) is 5.30. The first-order valence-corrected chi connectivity index (χ1v) is 7.93. The third-order valence-corrected chi connectivity index (χ3v) is 4.39. The fourth-order valence-corrected chi connectivity index (χ4v) is 3.22. The standard InChI is InChI=1S/C15H19Cl2N3O2/c1-9(11-6-5-10(16)8-12(11)17)19-15(22)20-7-3-4-13(20)14(21)18-2/h5-6,8-9,13H,3-4,7H2,1-2H3,(H,18,21)(H,19,22)/t9-,13-/m1/s1. The Morgan fingerprint density at radius 1 is 1.36 bits per heavy atom. The molecule has 0 saturated carbocycles. The van der Waals surface area contributed by atoms with Gasteiger partial charge < -0.3 is 15.5 Å². The SMILES string of the molecule is CNC(=O)[C@H]1CCCN1C(=O)N[C@H](C)c1ccc(Cl)cc1Cl. The Bertz CT molecular complexity index is 580. The second-order valence-corrected chi connectivity index (χ2v) is 6.15. The predicted molar refractivity (Wildman–Crippen MR) is 87.2 cm³/mol. The van der Waals surface area contributed by atoms with Crippen molar-refractivity contribution >= 4 is 35.1 Å². The van der Waals surface area contributed by atoms with E-state index in [-0.39, 0.29) is 18.0 Å². The molecule has 0 unspecified atom stereocenters. The van der Waals surface area contributed by atoms with Gasteiger partial charge in [0.2, 0.25) is 5.91 Å². The first-order chi connectivity index (χ1) is 10.4. The van der Waals surface area contributed by atoms with Gasteiger partial charge in [0, 0.05) is 23.6 Å². The van der Waals surface area contributed by atoms with E-state index in [1.807, 2.05) is 6.92 Å². The highest BCUT2D eigenvalue weighted by Crippen LogP contribution is 2.26. The van der Waals surface area contributed by atoms with Gasteiger partial charge in [-0.3, -0.25) is 4.79 Å². The van der Waals surface area contributed by atoms with E-state index < -0.39 is 6.04 Å². The summed E-state index contributed by atoms with van der Waals surface area (Å²) in [4.78, 5) is 25.8. The van der Waals surface area contributed by atoms with Gasteiger partial charge in [0.1, 0.15) is 6.04 Å². The lowest BCUT2D eigenvalue weighted by Gasteiger charge is -2.26. The normalized spacial score (nSPS) is 18.9. The molecule has 2 atom stereocenters. The number of carbonyl (C=O) groups is 2. The number of likely N-dealkylation sites (N-methyl/N-ethyl adjacent to an activating group) is 1. The Balaban J connectivity index is 2.06. The van der Waals surface area contributed by atoms with Crippen LogP contribution in [0.1, 0.15) is 31.4 Å². The Labute approximate surface area is 139 Å². The fourth-order valence-electron chi connectivity index (χ4n) is 2.65. The quantitative estimate of drug-likeness (QED) is 0.886. The first kappa shape index (κ1) is 16.9. The van der Waals surface area contributed by atoms with E-state index in [1.54, 1.807) is 30.1 Å². The van der Waals surface area contributed by atoms with Crippen molar-refractivity contribution in [3.8, 4) is 0 Å². The van der Waals surface area contributed by atoms with Crippen LogP contribution in [0.4, 0.5) is 4.79 Å². The summed E-state index contributed by atoms with van der Waals surface area (Å²) in [5.41, 5.74) is 0.787. The van der Waals surface area contributed by atoms with Gasteiger partial charge >= 0.3 is 6.03 Å². The average Bonchev–Trinajstić information content (AvgIpc) is 2.95. The van der Waals surface area contributed by atoms with Gasteiger partial charge in [-0.2, -0.15) is 0 Å². The fraction of sp³-hybridized carbons (Fsp3) is 0.467. The molecule has 1 aliphatic heterocycles. The minimum atomic E-state index is -0.405. The first-order valence-electron chi connectivity index (χ1n) is 7.17. The zero-order chi connectivity index (χ0) is 16.3. The van der Waals surface area contributed by atoms with Crippen LogP contribution in [0.15, 0.2) is 18.2 Å². The van der Waals surface area contributed by atoms with Crippen LogP contribution in [0.5, 0.6) is 0 Å². The van der Waals surface area contributed by atoms with Crippen LogP contribution >= 0.6 is 23.2 Å². The number of urea groups is 1. The van der Waals surface area contributed by atoms with Crippen LogP contribution < -0.4 is 10.6 Å². The number of likely N-dealkylation sites (tertiary alicyclic amines) is 1. The summed E-state index contributed by atoms with van der Waals surface area (Å²) in [6.07, 6.45) is 1.50. The molecular formula is C15H19Cl2N3O2. The topological polar surface area (TPSA) is 61.4 Å². The number of nitrogens with zero attached hydrogens (tertiary/aromatic N) is 1. The van der Waals surface area contributed by atoms with E-state index >= 15 is 0 Å². The number of hydrogen-bond donors (Lipinski definition) is 2. The van der Waals surface area contributed by atoms with E-state index in [0.717, 1.165) is 12.0 Å². The van der Waals surface area contributed by atoms with E-state index in [1.165, 1.54) is 0 Å². The summed E-state index contributed by atoms with van der Waals surface area (Å²) in [6.45, 7) is 2.42. The van der Waals surface area contributed by atoms with Crippen molar-refractivity contribution in [2.24, 2.45) is 0 Å². The molecule has 0 aliphatic carbocycles. The van der Waals surface area contributed by atoms with Crippen molar-refractivity contribution in [3.63, 3.8) is 0 Å². The van der Waals surface area contributed by atoms with Gasteiger partial charge in [0.25, 0.3) is 0 Å². The van der Waals surface area contributed by atoms with Crippen LogP contribution in [0.25, 0.3) is 0 Å². The summed E-state index contributed by atoms with van der Waals surface area (Å²) >= 11 is 12.0. The maximum Gasteiger partial charge on any atom is 0.318 e. The molecule has 0 spiro atoms. The molecule has 1 aromatic carbocycles. The molecule has 1 saturated heterocycles. The van der Waals surface area contributed by atoms with E-state index in [9.17, 15) is 9.59 Å². The average molecular weight is 344 g/mol. The van der Waals surface area contributed by atoms with Crippen molar-refractivity contribution < 1.29 is 9.59 Å². The van der Waals surface area contributed by atoms with Gasteiger partial charge in [-0.25, -0.2) is 4.79 Å². The van der Waals surface area contributed by atoms with Gasteiger partial charge in [-0.15, -0.1) is 0 Å². The molecule has 2 N–H and O–H groups in total. The Morgan fingerprint density at radius 2 is 2.09 bits per heavy atom. The van der Waals surface area contributed by atoms with Crippen LogP contribution in [0.2, 0.25) is 10.0 Å². The zero-order valence-corrected chi connectivity index (χ0v) is 14.0. The smallest absolute Gasteiger partial charge is 0.318 e. The highest BCUT2D eigenvalue weighted by atomic mass is 35.5. The molecule has 5 nitrogen and oxygen atoms in total. The minimum Gasteiger partial charge on any atom is -0.357 e. The van der Waals surface area contributed by atoms with Crippen molar-refractivity contribution in [1.29, 1.82) is 0 Å². The molecule has 0 bridgehead atoms. The van der Waals surface area contributed by atoms with Crippen LogP contribution in [0, 0.1) is 0 Å². The Kier molecular flexibility index (Phi) is 5.53. The molecule has 7 heteroatoms. The van der Waals surface area contributed by atoms with Crippen molar-refractivity contribution in [1.82, 2.24) is 15.5 Å². The van der Waals surface area contributed by atoms with Crippen LogP contribution in [0.3, 0.4) is 0 Å². The van der Waals surface area contributed by atoms with E-state index in [2.05, 4.69) is 10.6 Å². The minimum absolute atomic E-state index is 0.134. The molecule has 22 heavy (non-hydrogen) atoms. The second kappa shape index (κ2) is 7.20. The zero-order valence-electron chi connectivity index (χ0n) is 12.5. The third-order valence-electron chi connectivity index (χ3n) is 3.83. The largest absolute Gasteiger partial charge is 0.357 e. The summed E-state index contributed by atoms with van der Waals surface area (Å²) in [7, 11) is 1.58. The van der Waals surface area contributed by atoms with Gasteiger partial charge in [-0.1, -0.05) is 29.3 Å². The highest BCUT2D eigenvalue weighted by Gasteiger charge is 2.34. The van der Waals surface area contributed by atoms with Crippen molar-refractivity contribution in [2.45, 2.75) is 31.8 Å². The maximum atomic E-state index is 12.4. The predicted octanol–water partition coefficient (Wildman–Crippen LogP) is 2.97. The molecule has 0 radical (unpaired) electrons. The third kappa shape index (κ3) is 3.65. The maximum absolute atomic E-state index is 12.4. The number of amides is 3. The molecule has 1 heterocycles. The lowest BCUT2D eigenvalue weighted by atomic mass is 10.1. The number of hydrogen-bond acceptors (Lipinski definition) is 2. The summed E-state index contributed by atoms with van der Waals surface area (Å²) in [5, 5.41) is 6.53. The number of carbonyl (C=O) groups excluding carboxylic acids is 2. The molecule has 120 valence electrons. The van der Waals surface area contributed by atoms with E-state index in [4.69, 9.17) is 23.2 Å². The number of nitrogens with one attached hydrogen (secondary N) is 2. The lowest BCUT2D eigenvalue weighted by Crippen LogP contribution is -2.49. The summed E-state index contributed by atoms with van der Waals surface area (Å²) in [5.74, 6) is -0.134. The monoisotopic (exact) mass is 343 g/mol. The van der Waals surface area contributed by atoms with Crippen molar-refractivity contribution in [3.05, 3.63) is 33.8 Å². The molecule has 2 rings (SSSR count). The summed E-state index contributed by atoms with van der Waals surface area (Å²) in [6, 6.07) is 4.22. The summed E-state index contributed by atoms with van der Waals surface area (Å²) < 4.78 is 0. The van der Waals surface area contributed by atoms with Gasteiger partial charge in [-0.05, 0) is 37.5 Å². The lowest BCUT2D eigenvalue weighted by molar-refractivity contribution is -0.124. The molecular weight excluding hydrogens is 325 g/mol. The molecule has 1 fully saturated rings. The van der Waals surface area contributed by atoms with E-state index in [0.29, 0.717) is 23.0 Å². The van der Waals surface area contributed by atoms with Crippen molar-refractivity contribution in [2.75, 3.05) is 13.6 Å². The van der Waals surface area contributed by atoms with Crippen LogP contribution in [-0.2, 0) is 4.79 Å². The molecule has 3 amide bonds. The number of rotatable bonds is 3. The van der Waals surface area contributed by atoms with Gasteiger partial charge in [0.05, 0.1) is 6.04 Å². The molecule has 1 aliphatic rings.